The molecule has 0 aliphatic rings. The number of amides is 1. The highest BCUT2D eigenvalue weighted by Gasteiger charge is 1.97. The monoisotopic (exact) mass is 118 g/mol. The van der Waals surface area contributed by atoms with Gasteiger partial charge in [0, 0.05) is 5.75 Å². The summed E-state index contributed by atoms with van der Waals surface area (Å²) >= 11 is 3.63. The van der Waals surface area contributed by atoms with Crippen LogP contribution in [0.5, 0.6) is 0 Å². The van der Waals surface area contributed by atoms with Crippen molar-refractivity contribution in [3.8, 4) is 0 Å². The average Bonchev–Trinajstić information content (AvgIpc) is 1.65. The largest absolute Gasteiger partial charge is 0.365 e. The second kappa shape index (κ2) is 2.63. The molecule has 0 aliphatic heterocycles. The van der Waals surface area contributed by atoms with E-state index in [2.05, 4.69) is 18.4 Å². The van der Waals surface area contributed by atoms with Gasteiger partial charge in [-0.3, -0.25) is 10.2 Å². The molecule has 7 heavy (non-hydrogen) atoms. The molecule has 0 saturated heterocycles. The summed E-state index contributed by atoms with van der Waals surface area (Å²) in [6, 6.07) is 0. The molecule has 0 aromatic carbocycles. The second-order valence-corrected chi connectivity index (χ2v) is 1.32. The Bertz CT molecular complexity index is 101. The Hall–Kier alpha value is -0.510. The molecule has 3 nitrogen and oxygen atoms in total. The van der Waals surface area contributed by atoms with Crippen LogP contribution in [0, 0.1) is 5.41 Å². The zero-order valence-corrected chi connectivity index (χ0v) is 4.53. The summed E-state index contributed by atoms with van der Waals surface area (Å²) in [6.45, 7) is 0. The van der Waals surface area contributed by atoms with Crippen LogP contribution in [-0.2, 0) is 4.79 Å². The lowest BCUT2D eigenvalue weighted by molar-refractivity contribution is -0.112. The molecule has 0 aromatic rings. The summed E-state index contributed by atoms with van der Waals surface area (Å²) in [7, 11) is 0. The molecule has 0 aromatic heterocycles. The van der Waals surface area contributed by atoms with E-state index in [0.717, 1.165) is 0 Å². The molecule has 0 atom stereocenters. The summed E-state index contributed by atoms with van der Waals surface area (Å²) in [4.78, 5) is 9.88. The van der Waals surface area contributed by atoms with Crippen LogP contribution in [0.2, 0.25) is 0 Å². The topological polar surface area (TPSA) is 66.9 Å². The van der Waals surface area contributed by atoms with Crippen molar-refractivity contribution in [2.24, 2.45) is 5.73 Å². The molecule has 0 spiro atoms. The predicted molar refractivity (Wildman–Crippen MR) is 30.8 cm³/mol. The third-order valence-electron chi connectivity index (χ3n) is 0.456. The number of rotatable bonds is 2. The number of hydrogen-bond acceptors (Lipinski definition) is 3. The van der Waals surface area contributed by atoms with Gasteiger partial charge in [0.15, 0.2) is 0 Å². The summed E-state index contributed by atoms with van der Waals surface area (Å²) in [5.41, 5.74) is 4.48. The smallest absolute Gasteiger partial charge is 0.263 e. The van der Waals surface area contributed by atoms with E-state index in [0.29, 0.717) is 0 Å². The van der Waals surface area contributed by atoms with Gasteiger partial charge in [0.25, 0.3) is 5.91 Å². The number of primary amides is 1. The average molecular weight is 118 g/mol. The van der Waals surface area contributed by atoms with Crippen molar-refractivity contribution in [2.75, 3.05) is 5.75 Å². The number of carbonyl (C=O) groups excluding carboxylic acids is 1. The normalized spacial score (nSPS) is 8.14. The van der Waals surface area contributed by atoms with Crippen molar-refractivity contribution in [1.82, 2.24) is 0 Å². The first-order valence-corrected chi connectivity index (χ1v) is 2.30. The maximum Gasteiger partial charge on any atom is 0.263 e. The molecule has 0 fully saturated rings. The van der Waals surface area contributed by atoms with Gasteiger partial charge in [-0.1, -0.05) is 0 Å². The minimum atomic E-state index is -0.699. The van der Waals surface area contributed by atoms with E-state index in [-0.39, 0.29) is 11.5 Å². The van der Waals surface area contributed by atoms with Crippen LogP contribution >= 0.6 is 12.6 Å². The van der Waals surface area contributed by atoms with Crippen LogP contribution < -0.4 is 5.73 Å². The molecule has 0 rings (SSSR count). The van der Waals surface area contributed by atoms with Crippen molar-refractivity contribution < 1.29 is 4.79 Å². The van der Waals surface area contributed by atoms with Crippen LogP contribution in [0.4, 0.5) is 0 Å². The van der Waals surface area contributed by atoms with E-state index in [9.17, 15) is 4.79 Å². The lowest BCUT2D eigenvalue weighted by Crippen LogP contribution is -2.23. The SMILES string of the molecule is N=C(CS)C(N)=O. The van der Waals surface area contributed by atoms with Crippen molar-refractivity contribution in [3.05, 3.63) is 0 Å². The molecule has 1 amide bonds. The highest BCUT2D eigenvalue weighted by Crippen LogP contribution is 1.74. The number of thiol groups is 1. The molecule has 40 valence electrons. The summed E-state index contributed by atoms with van der Waals surface area (Å²) in [6.07, 6.45) is 0. The molecule has 3 N–H and O–H groups in total. The fourth-order valence-electron chi connectivity index (χ4n) is 0.0779. The van der Waals surface area contributed by atoms with Crippen molar-refractivity contribution in [1.29, 1.82) is 5.41 Å². The van der Waals surface area contributed by atoms with Crippen LogP contribution in [0.1, 0.15) is 0 Å². The van der Waals surface area contributed by atoms with E-state index in [1.165, 1.54) is 0 Å². The van der Waals surface area contributed by atoms with Gasteiger partial charge in [0.05, 0.1) is 0 Å². The zero-order chi connectivity index (χ0) is 5.86. The second-order valence-electron chi connectivity index (χ2n) is 1.00. The Balaban J connectivity index is 3.58. The molecule has 4 heteroatoms. The lowest BCUT2D eigenvalue weighted by atomic mass is 10.4. The maximum absolute atomic E-state index is 9.88. The van der Waals surface area contributed by atoms with E-state index in [1.54, 1.807) is 0 Å². The first-order valence-electron chi connectivity index (χ1n) is 1.66. The Labute approximate surface area is 46.8 Å². The number of nitrogens with two attached hydrogens (primary N) is 1. The summed E-state index contributed by atoms with van der Waals surface area (Å²) in [5, 5.41) is 6.64. The van der Waals surface area contributed by atoms with Gasteiger partial charge in [-0.05, 0) is 0 Å². The first kappa shape index (κ1) is 6.49. The molecule has 0 saturated carbocycles. The quantitative estimate of drug-likeness (QED) is 0.329. The molecular weight excluding hydrogens is 112 g/mol. The molecule has 0 heterocycles. The first-order chi connectivity index (χ1) is 3.18. The van der Waals surface area contributed by atoms with Gasteiger partial charge < -0.3 is 5.73 Å². The van der Waals surface area contributed by atoms with Gasteiger partial charge in [-0.25, -0.2) is 0 Å². The summed E-state index contributed by atoms with van der Waals surface area (Å²) < 4.78 is 0. The highest BCUT2D eigenvalue weighted by atomic mass is 32.1. The Morgan fingerprint density at radius 3 is 2.29 bits per heavy atom. The van der Waals surface area contributed by atoms with Gasteiger partial charge in [0.1, 0.15) is 5.71 Å². The lowest BCUT2D eigenvalue weighted by Gasteiger charge is -1.86. The number of nitrogens with one attached hydrogen (secondary N) is 1. The molecule has 0 unspecified atom stereocenters. The van der Waals surface area contributed by atoms with Crippen molar-refractivity contribution in [2.45, 2.75) is 0 Å². The molecule has 0 radical (unpaired) electrons. The minimum Gasteiger partial charge on any atom is -0.365 e. The van der Waals surface area contributed by atoms with Crippen LogP contribution in [0.15, 0.2) is 0 Å². The van der Waals surface area contributed by atoms with E-state index in [4.69, 9.17) is 5.41 Å². The number of hydrogen-bond donors (Lipinski definition) is 3. The van der Waals surface area contributed by atoms with E-state index < -0.39 is 5.91 Å². The van der Waals surface area contributed by atoms with E-state index in [1.807, 2.05) is 0 Å². The number of carbonyl (C=O) groups is 1. The molecule has 0 aliphatic carbocycles. The Morgan fingerprint density at radius 2 is 2.29 bits per heavy atom. The molecule has 0 bridgehead atoms. The van der Waals surface area contributed by atoms with Gasteiger partial charge in [-0.15, -0.1) is 0 Å². The third-order valence-corrected chi connectivity index (χ3v) is 0.772. The fraction of sp³-hybridized carbons (Fsp3) is 0.333. The summed E-state index contributed by atoms with van der Waals surface area (Å²) in [5.74, 6) is -0.579. The predicted octanol–water partition coefficient (Wildman–Crippen LogP) is -0.579. The van der Waals surface area contributed by atoms with Crippen molar-refractivity contribution >= 4 is 24.2 Å². The fourth-order valence-corrected chi connectivity index (χ4v) is 0.234. The molecular formula is C3H6N2OS. The standard InChI is InChI=1S/C3H6N2OS/c4-2(1-7)3(5)6/h4,7H,1H2,(H2,5,6). The van der Waals surface area contributed by atoms with Gasteiger partial charge in [0.2, 0.25) is 0 Å². The Morgan fingerprint density at radius 1 is 1.86 bits per heavy atom. The van der Waals surface area contributed by atoms with E-state index >= 15 is 0 Å². The van der Waals surface area contributed by atoms with Crippen LogP contribution in [0.25, 0.3) is 0 Å². The van der Waals surface area contributed by atoms with Gasteiger partial charge >= 0.3 is 0 Å². The van der Waals surface area contributed by atoms with Crippen LogP contribution in [-0.4, -0.2) is 17.4 Å². The van der Waals surface area contributed by atoms with Crippen molar-refractivity contribution in [3.63, 3.8) is 0 Å². The Kier molecular flexibility index (Phi) is 2.44. The maximum atomic E-state index is 9.88. The zero-order valence-electron chi connectivity index (χ0n) is 3.64. The third kappa shape index (κ3) is 2.22. The van der Waals surface area contributed by atoms with Gasteiger partial charge in [-0.2, -0.15) is 12.6 Å². The minimum absolute atomic E-state index is 0.120. The van der Waals surface area contributed by atoms with Crippen LogP contribution in [0.3, 0.4) is 0 Å². The highest BCUT2D eigenvalue weighted by molar-refractivity contribution is 7.81.